The number of furan rings is 1. The maximum Gasteiger partial charge on any atom is 0.289 e. The molecule has 2 aliphatic rings. The standard InChI is InChI=1S/C18H18N2O3/c21-16(15-7-4-12-23-15)19-10-8-18(9-11-19)13-20(17(18)22)14-5-2-1-3-6-14/h1-7,12H,8-11,13H2. The van der Waals surface area contributed by atoms with Gasteiger partial charge in [-0.2, -0.15) is 0 Å². The van der Waals surface area contributed by atoms with Gasteiger partial charge in [0.15, 0.2) is 5.76 Å². The van der Waals surface area contributed by atoms with E-state index in [0.717, 1.165) is 25.1 Å². The molecule has 1 spiro atoms. The Balaban J connectivity index is 1.41. The van der Waals surface area contributed by atoms with Crippen LogP contribution in [0.5, 0.6) is 0 Å². The molecule has 0 N–H and O–H groups in total. The summed E-state index contributed by atoms with van der Waals surface area (Å²) in [5, 5.41) is 0. The normalized spacial score (nSPS) is 19.7. The first-order valence-corrected chi connectivity index (χ1v) is 7.89. The number of piperidine rings is 1. The first-order valence-electron chi connectivity index (χ1n) is 7.89. The minimum atomic E-state index is -0.282. The van der Waals surface area contributed by atoms with E-state index < -0.39 is 0 Å². The number of carbonyl (C=O) groups excluding carboxylic acids is 2. The lowest BCUT2D eigenvalue weighted by Crippen LogP contribution is -2.65. The zero-order valence-corrected chi connectivity index (χ0v) is 12.8. The van der Waals surface area contributed by atoms with Gasteiger partial charge in [0.1, 0.15) is 0 Å². The number of amides is 2. The quantitative estimate of drug-likeness (QED) is 0.801. The number of hydrogen-bond donors (Lipinski definition) is 0. The highest BCUT2D eigenvalue weighted by atomic mass is 16.3. The lowest BCUT2D eigenvalue weighted by atomic mass is 9.70. The monoisotopic (exact) mass is 310 g/mol. The summed E-state index contributed by atoms with van der Waals surface area (Å²) in [7, 11) is 0. The first kappa shape index (κ1) is 14.1. The van der Waals surface area contributed by atoms with E-state index in [-0.39, 0.29) is 17.2 Å². The number of β-lactam (4-membered cyclic amide) rings is 1. The van der Waals surface area contributed by atoms with Gasteiger partial charge in [-0.1, -0.05) is 18.2 Å². The molecule has 2 aliphatic heterocycles. The Kier molecular flexibility index (Phi) is 3.22. The molecule has 2 saturated heterocycles. The highest BCUT2D eigenvalue weighted by Crippen LogP contribution is 2.43. The van der Waals surface area contributed by atoms with Crippen LogP contribution in [-0.2, 0) is 4.79 Å². The summed E-state index contributed by atoms with van der Waals surface area (Å²) in [4.78, 5) is 28.5. The fourth-order valence-corrected chi connectivity index (χ4v) is 3.52. The molecule has 4 rings (SSSR count). The molecular weight excluding hydrogens is 292 g/mol. The summed E-state index contributed by atoms with van der Waals surface area (Å²) in [5.74, 6) is 0.470. The molecule has 2 fully saturated rings. The van der Waals surface area contributed by atoms with Crippen molar-refractivity contribution in [3.63, 3.8) is 0 Å². The van der Waals surface area contributed by atoms with Crippen molar-refractivity contribution in [2.24, 2.45) is 5.41 Å². The third-order valence-corrected chi connectivity index (χ3v) is 4.97. The van der Waals surface area contributed by atoms with Gasteiger partial charge in [-0.3, -0.25) is 9.59 Å². The number of likely N-dealkylation sites (tertiary alicyclic amines) is 1. The van der Waals surface area contributed by atoms with Crippen molar-refractivity contribution >= 4 is 17.5 Å². The molecule has 0 radical (unpaired) electrons. The van der Waals surface area contributed by atoms with Crippen molar-refractivity contribution in [1.29, 1.82) is 0 Å². The van der Waals surface area contributed by atoms with Crippen molar-refractivity contribution in [3.8, 4) is 0 Å². The SMILES string of the molecule is O=C(c1ccco1)N1CCC2(CC1)CN(c1ccccc1)C2=O. The Morgan fingerprint density at radius 1 is 1.04 bits per heavy atom. The highest BCUT2D eigenvalue weighted by molar-refractivity contribution is 6.04. The van der Waals surface area contributed by atoms with Gasteiger partial charge in [0, 0.05) is 25.3 Å². The number of para-hydroxylation sites is 1. The molecule has 5 heteroatoms. The Morgan fingerprint density at radius 3 is 2.39 bits per heavy atom. The number of anilines is 1. The van der Waals surface area contributed by atoms with Crippen molar-refractivity contribution < 1.29 is 14.0 Å². The second kappa shape index (κ2) is 5.26. The summed E-state index contributed by atoms with van der Waals surface area (Å²) in [5.41, 5.74) is 0.674. The highest BCUT2D eigenvalue weighted by Gasteiger charge is 2.53. The van der Waals surface area contributed by atoms with Gasteiger partial charge in [-0.25, -0.2) is 0 Å². The molecule has 2 amide bonds. The second-order valence-corrected chi connectivity index (χ2v) is 6.28. The summed E-state index contributed by atoms with van der Waals surface area (Å²) in [6, 6.07) is 13.1. The number of carbonyl (C=O) groups is 2. The van der Waals surface area contributed by atoms with E-state index in [9.17, 15) is 9.59 Å². The van der Waals surface area contributed by atoms with Crippen LogP contribution in [0, 0.1) is 5.41 Å². The molecule has 1 aromatic carbocycles. The minimum Gasteiger partial charge on any atom is -0.459 e. The Labute approximate surface area is 134 Å². The summed E-state index contributed by atoms with van der Waals surface area (Å²) in [6.07, 6.45) is 2.95. The fourth-order valence-electron chi connectivity index (χ4n) is 3.52. The Morgan fingerprint density at radius 2 is 1.78 bits per heavy atom. The van der Waals surface area contributed by atoms with Crippen LogP contribution in [-0.4, -0.2) is 36.3 Å². The van der Waals surface area contributed by atoms with Crippen LogP contribution in [0.3, 0.4) is 0 Å². The van der Waals surface area contributed by atoms with E-state index in [1.165, 1.54) is 6.26 Å². The molecule has 0 bridgehead atoms. The maximum absolute atomic E-state index is 12.6. The molecule has 3 heterocycles. The van der Waals surface area contributed by atoms with Crippen LogP contribution in [0.2, 0.25) is 0 Å². The zero-order valence-electron chi connectivity index (χ0n) is 12.8. The van der Waals surface area contributed by atoms with Gasteiger partial charge in [-0.15, -0.1) is 0 Å². The minimum absolute atomic E-state index is 0.0865. The Hall–Kier alpha value is -2.56. The lowest BCUT2D eigenvalue weighted by Gasteiger charge is -2.52. The fraction of sp³-hybridized carbons (Fsp3) is 0.333. The van der Waals surface area contributed by atoms with E-state index in [0.29, 0.717) is 18.8 Å². The van der Waals surface area contributed by atoms with Crippen LogP contribution in [0.25, 0.3) is 0 Å². The second-order valence-electron chi connectivity index (χ2n) is 6.28. The molecular formula is C18H18N2O3. The van der Waals surface area contributed by atoms with Crippen LogP contribution >= 0.6 is 0 Å². The summed E-state index contributed by atoms with van der Waals surface area (Å²) in [6.45, 7) is 1.96. The molecule has 0 saturated carbocycles. The van der Waals surface area contributed by atoms with Crippen LogP contribution in [0.4, 0.5) is 5.69 Å². The molecule has 23 heavy (non-hydrogen) atoms. The van der Waals surface area contributed by atoms with Gasteiger partial charge < -0.3 is 14.2 Å². The van der Waals surface area contributed by atoms with Gasteiger partial charge >= 0.3 is 0 Å². The molecule has 1 aromatic heterocycles. The zero-order chi connectivity index (χ0) is 15.9. The topological polar surface area (TPSA) is 53.8 Å². The van der Waals surface area contributed by atoms with Crippen molar-refractivity contribution in [2.45, 2.75) is 12.8 Å². The van der Waals surface area contributed by atoms with Gasteiger partial charge in [0.05, 0.1) is 11.7 Å². The molecule has 118 valence electrons. The van der Waals surface area contributed by atoms with Crippen LogP contribution < -0.4 is 4.90 Å². The number of benzene rings is 1. The van der Waals surface area contributed by atoms with E-state index in [1.54, 1.807) is 17.0 Å². The molecule has 0 unspecified atom stereocenters. The molecule has 5 nitrogen and oxygen atoms in total. The summed E-state index contributed by atoms with van der Waals surface area (Å²) >= 11 is 0. The van der Waals surface area contributed by atoms with Crippen LogP contribution in [0.15, 0.2) is 53.1 Å². The van der Waals surface area contributed by atoms with Crippen molar-refractivity contribution in [1.82, 2.24) is 4.90 Å². The smallest absolute Gasteiger partial charge is 0.289 e. The number of hydrogen-bond acceptors (Lipinski definition) is 3. The van der Waals surface area contributed by atoms with Crippen molar-refractivity contribution in [2.75, 3.05) is 24.5 Å². The van der Waals surface area contributed by atoms with Gasteiger partial charge in [-0.05, 0) is 37.1 Å². The maximum atomic E-state index is 12.6. The third kappa shape index (κ3) is 2.23. The number of nitrogens with zero attached hydrogens (tertiary/aromatic N) is 2. The van der Waals surface area contributed by atoms with Crippen LogP contribution in [0.1, 0.15) is 23.4 Å². The average molecular weight is 310 g/mol. The molecule has 2 aromatic rings. The predicted molar refractivity (Wildman–Crippen MR) is 85.1 cm³/mol. The van der Waals surface area contributed by atoms with E-state index in [2.05, 4.69) is 0 Å². The van der Waals surface area contributed by atoms with Gasteiger partial charge in [0.25, 0.3) is 5.91 Å². The first-order chi connectivity index (χ1) is 11.2. The van der Waals surface area contributed by atoms with E-state index >= 15 is 0 Å². The largest absolute Gasteiger partial charge is 0.459 e. The van der Waals surface area contributed by atoms with E-state index in [1.807, 2.05) is 35.2 Å². The third-order valence-electron chi connectivity index (χ3n) is 4.97. The Bertz CT molecular complexity index is 716. The van der Waals surface area contributed by atoms with Crippen molar-refractivity contribution in [3.05, 3.63) is 54.5 Å². The molecule has 0 aliphatic carbocycles. The molecule has 0 atom stereocenters. The van der Waals surface area contributed by atoms with Gasteiger partial charge in [0.2, 0.25) is 5.91 Å². The average Bonchev–Trinajstić information content (AvgIpc) is 3.14. The lowest BCUT2D eigenvalue weighted by molar-refractivity contribution is -0.138. The summed E-state index contributed by atoms with van der Waals surface area (Å²) < 4.78 is 5.17. The predicted octanol–water partition coefficient (Wildman–Crippen LogP) is 2.55. The number of rotatable bonds is 2. The van der Waals surface area contributed by atoms with E-state index in [4.69, 9.17) is 4.42 Å².